The molecule has 0 radical (unpaired) electrons. The second-order valence-corrected chi connectivity index (χ2v) is 6.54. The van der Waals surface area contributed by atoms with Crippen molar-refractivity contribution in [3.05, 3.63) is 30.1 Å². The highest BCUT2D eigenvalue weighted by atomic mass is 35.5. The third kappa shape index (κ3) is 3.14. The number of hydrogen-bond acceptors (Lipinski definition) is 4. The summed E-state index contributed by atoms with van der Waals surface area (Å²) in [5.41, 5.74) is 2.69. The molecule has 1 aromatic heterocycles. The van der Waals surface area contributed by atoms with Crippen molar-refractivity contribution < 1.29 is 4.79 Å². The zero-order valence-corrected chi connectivity index (χ0v) is 14.8. The Labute approximate surface area is 148 Å². The summed E-state index contributed by atoms with van der Waals surface area (Å²) in [6, 6.07) is 6.33. The third-order valence-electron chi connectivity index (χ3n) is 5.09. The van der Waals surface area contributed by atoms with Crippen molar-refractivity contribution in [2.75, 3.05) is 39.3 Å². The fourth-order valence-electron chi connectivity index (χ4n) is 3.72. The largest absolute Gasteiger partial charge is 0.337 e. The number of rotatable bonds is 2. The van der Waals surface area contributed by atoms with Crippen LogP contribution in [0.4, 0.5) is 0 Å². The fourth-order valence-corrected chi connectivity index (χ4v) is 3.72. The molecule has 7 heteroatoms. The van der Waals surface area contributed by atoms with Gasteiger partial charge in [-0.05, 0) is 24.6 Å². The summed E-state index contributed by atoms with van der Waals surface area (Å²) in [7, 11) is 1.97. The van der Waals surface area contributed by atoms with Crippen LogP contribution in [0.15, 0.2) is 24.5 Å². The second-order valence-electron chi connectivity index (χ2n) is 6.54. The minimum absolute atomic E-state index is 0. The number of carbonyl (C=O) groups excluding carboxylic acids is 1. The van der Waals surface area contributed by atoms with Crippen LogP contribution in [0.1, 0.15) is 16.8 Å². The summed E-state index contributed by atoms with van der Waals surface area (Å²) in [5, 5.41) is 3.39. The fraction of sp³-hybridized carbons (Fsp3) is 0.529. The van der Waals surface area contributed by atoms with Crippen molar-refractivity contribution in [1.29, 1.82) is 0 Å². The van der Waals surface area contributed by atoms with Gasteiger partial charge in [-0.15, -0.1) is 12.4 Å². The van der Waals surface area contributed by atoms with Gasteiger partial charge in [0.05, 0.1) is 17.4 Å². The Kier molecular flexibility index (Phi) is 5.08. The number of hydrogen-bond donors (Lipinski definition) is 1. The van der Waals surface area contributed by atoms with E-state index in [1.54, 1.807) is 6.33 Å². The van der Waals surface area contributed by atoms with Gasteiger partial charge in [0.25, 0.3) is 5.91 Å². The maximum atomic E-state index is 12.8. The first-order valence-electron chi connectivity index (χ1n) is 8.37. The summed E-state index contributed by atoms with van der Waals surface area (Å²) < 4.78 is 1.97. The summed E-state index contributed by atoms with van der Waals surface area (Å²) in [4.78, 5) is 21.7. The molecule has 2 aliphatic rings. The summed E-state index contributed by atoms with van der Waals surface area (Å²) in [6.45, 7) is 5.99. The quantitative estimate of drug-likeness (QED) is 0.882. The molecule has 2 aromatic rings. The molecule has 1 aromatic carbocycles. The molecule has 130 valence electrons. The molecule has 2 fully saturated rings. The van der Waals surface area contributed by atoms with Crippen molar-refractivity contribution in [1.82, 2.24) is 24.7 Å². The van der Waals surface area contributed by atoms with Crippen LogP contribution in [0.2, 0.25) is 0 Å². The van der Waals surface area contributed by atoms with Gasteiger partial charge >= 0.3 is 0 Å². The van der Waals surface area contributed by atoms with Gasteiger partial charge in [0, 0.05) is 57.9 Å². The molecule has 24 heavy (non-hydrogen) atoms. The summed E-state index contributed by atoms with van der Waals surface area (Å²) in [5.74, 6) is 0.134. The number of piperazine rings is 1. The molecule has 4 rings (SSSR count). The zero-order chi connectivity index (χ0) is 15.8. The van der Waals surface area contributed by atoms with Crippen LogP contribution in [-0.4, -0.2) is 70.6 Å². The molecule has 0 saturated carbocycles. The first kappa shape index (κ1) is 17.2. The summed E-state index contributed by atoms with van der Waals surface area (Å²) in [6.07, 6.45) is 2.87. The van der Waals surface area contributed by atoms with E-state index in [2.05, 4.69) is 15.2 Å². The van der Waals surface area contributed by atoms with Crippen LogP contribution in [0.25, 0.3) is 11.0 Å². The van der Waals surface area contributed by atoms with Crippen molar-refractivity contribution >= 4 is 29.3 Å². The minimum Gasteiger partial charge on any atom is -0.337 e. The lowest BCUT2D eigenvalue weighted by molar-refractivity contribution is 0.0773. The van der Waals surface area contributed by atoms with Gasteiger partial charge in [0.2, 0.25) is 0 Å². The number of likely N-dealkylation sites (tertiary alicyclic amines) is 1. The lowest BCUT2D eigenvalue weighted by Crippen LogP contribution is -2.49. The normalized spacial score (nSPS) is 21.9. The van der Waals surface area contributed by atoms with Gasteiger partial charge in [-0.3, -0.25) is 9.69 Å². The topological polar surface area (TPSA) is 53.4 Å². The first-order chi connectivity index (χ1) is 11.2. The highest BCUT2D eigenvalue weighted by Gasteiger charge is 2.31. The number of imidazole rings is 1. The number of aromatic nitrogens is 2. The Bertz CT molecular complexity index is 725. The number of benzene rings is 1. The van der Waals surface area contributed by atoms with Crippen LogP contribution in [0, 0.1) is 0 Å². The SMILES string of the molecule is Cl.Cn1cnc2cc(C(=O)N3CCC(N4CCNCC4)C3)ccc21. The standard InChI is InChI=1S/C17H23N5O.ClH/c1-20-12-19-15-10-13(2-3-16(15)20)17(23)22-7-4-14(11-22)21-8-5-18-6-9-21;/h2-3,10,12,14,18H,4-9,11H2,1H3;1H. The predicted octanol–water partition coefficient (Wildman–Crippen LogP) is 1.11. The van der Waals surface area contributed by atoms with Crippen molar-refractivity contribution in [3.63, 3.8) is 0 Å². The highest BCUT2D eigenvalue weighted by Crippen LogP contribution is 2.20. The average Bonchev–Trinajstić information content (AvgIpc) is 3.22. The number of carbonyl (C=O) groups is 1. The molecule has 1 N–H and O–H groups in total. The van der Waals surface area contributed by atoms with Gasteiger partial charge in [-0.25, -0.2) is 4.98 Å². The lowest BCUT2D eigenvalue weighted by Gasteiger charge is -2.32. The molecule has 2 aliphatic heterocycles. The number of halogens is 1. The van der Waals surface area contributed by atoms with Crippen LogP contribution in [0.5, 0.6) is 0 Å². The van der Waals surface area contributed by atoms with E-state index in [0.717, 1.165) is 62.3 Å². The maximum absolute atomic E-state index is 12.8. The second kappa shape index (κ2) is 7.09. The third-order valence-corrected chi connectivity index (χ3v) is 5.09. The van der Waals surface area contributed by atoms with Crippen molar-refractivity contribution in [3.8, 4) is 0 Å². The van der Waals surface area contributed by atoms with Gasteiger partial charge in [-0.2, -0.15) is 0 Å². The Hall–Kier alpha value is -1.63. The van der Waals surface area contributed by atoms with Gasteiger partial charge in [-0.1, -0.05) is 0 Å². The number of nitrogens with zero attached hydrogens (tertiary/aromatic N) is 4. The van der Waals surface area contributed by atoms with E-state index in [0.29, 0.717) is 6.04 Å². The number of fused-ring (bicyclic) bond motifs is 1. The van der Waals surface area contributed by atoms with E-state index < -0.39 is 0 Å². The van der Waals surface area contributed by atoms with E-state index >= 15 is 0 Å². The van der Waals surface area contributed by atoms with Crippen LogP contribution < -0.4 is 5.32 Å². The molecule has 3 heterocycles. The predicted molar refractivity (Wildman–Crippen MR) is 96.7 cm³/mol. The molecule has 0 bridgehead atoms. The highest BCUT2D eigenvalue weighted by molar-refractivity contribution is 5.97. The van der Waals surface area contributed by atoms with E-state index in [1.165, 1.54) is 0 Å². The van der Waals surface area contributed by atoms with E-state index in [-0.39, 0.29) is 18.3 Å². The Balaban J connectivity index is 0.00000169. The summed E-state index contributed by atoms with van der Waals surface area (Å²) >= 11 is 0. The molecule has 2 saturated heterocycles. The molecular weight excluding hydrogens is 326 g/mol. The van der Waals surface area contributed by atoms with Gasteiger partial charge < -0.3 is 14.8 Å². The van der Waals surface area contributed by atoms with E-state index in [1.807, 2.05) is 34.7 Å². The van der Waals surface area contributed by atoms with Crippen LogP contribution in [0.3, 0.4) is 0 Å². The van der Waals surface area contributed by atoms with Gasteiger partial charge in [0.15, 0.2) is 0 Å². The number of nitrogens with one attached hydrogen (secondary N) is 1. The Morgan fingerprint density at radius 3 is 2.83 bits per heavy atom. The average molecular weight is 350 g/mol. The zero-order valence-electron chi connectivity index (χ0n) is 13.9. The maximum Gasteiger partial charge on any atom is 0.253 e. The lowest BCUT2D eigenvalue weighted by atomic mass is 10.1. The molecule has 1 atom stereocenters. The van der Waals surface area contributed by atoms with E-state index in [9.17, 15) is 4.79 Å². The minimum atomic E-state index is 0. The molecule has 0 aliphatic carbocycles. The monoisotopic (exact) mass is 349 g/mol. The molecule has 6 nitrogen and oxygen atoms in total. The smallest absolute Gasteiger partial charge is 0.253 e. The molecule has 1 amide bonds. The van der Waals surface area contributed by atoms with E-state index in [4.69, 9.17) is 0 Å². The molecule has 1 unspecified atom stereocenters. The van der Waals surface area contributed by atoms with Crippen LogP contribution >= 0.6 is 12.4 Å². The number of aryl methyl sites for hydroxylation is 1. The molecular formula is C17H24ClN5O. The van der Waals surface area contributed by atoms with Gasteiger partial charge in [0.1, 0.15) is 0 Å². The van der Waals surface area contributed by atoms with Crippen LogP contribution in [-0.2, 0) is 7.05 Å². The Morgan fingerprint density at radius 2 is 2.04 bits per heavy atom. The first-order valence-corrected chi connectivity index (χ1v) is 8.37. The Morgan fingerprint density at radius 1 is 1.25 bits per heavy atom. The van der Waals surface area contributed by atoms with Crippen molar-refractivity contribution in [2.24, 2.45) is 7.05 Å². The van der Waals surface area contributed by atoms with Crippen molar-refractivity contribution in [2.45, 2.75) is 12.5 Å². The number of amides is 1. The molecule has 0 spiro atoms.